The summed E-state index contributed by atoms with van der Waals surface area (Å²) in [5.74, 6) is -4.00. The van der Waals surface area contributed by atoms with Crippen LogP contribution < -0.4 is 15.3 Å². The molecular formula is C12H21O6Sb. The van der Waals surface area contributed by atoms with Gasteiger partial charge in [-0.2, -0.15) is 0 Å². The number of hydrogen-bond donors (Lipinski definition) is 0. The van der Waals surface area contributed by atoms with Gasteiger partial charge in [0.2, 0.25) is 0 Å². The third kappa shape index (κ3) is 31.7. The van der Waals surface area contributed by atoms with Crippen LogP contribution in [-0.2, 0) is 14.4 Å². The molecule has 0 atom stereocenters. The van der Waals surface area contributed by atoms with Gasteiger partial charge in [0.25, 0.3) is 0 Å². The number of rotatable bonds is 3. The number of carbonyl (C=O) groups is 3. The predicted octanol–water partition coefficient (Wildman–Crippen LogP) is -2.20. The van der Waals surface area contributed by atoms with Crippen LogP contribution in [0.15, 0.2) is 0 Å². The van der Waals surface area contributed by atoms with Crippen molar-refractivity contribution in [3.63, 3.8) is 0 Å². The molecule has 7 heteroatoms. The molecule has 0 aliphatic carbocycles. The Morgan fingerprint density at radius 2 is 0.632 bits per heavy atom. The van der Waals surface area contributed by atoms with Gasteiger partial charge in [0.15, 0.2) is 0 Å². The van der Waals surface area contributed by atoms with Crippen molar-refractivity contribution in [3.8, 4) is 0 Å². The molecule has 0 aliphatic rings. The van der Waals surface area contributed by atoms with Crippen molar-refractivity contribution in [2.75, 3.05) is 0 Å². The minimum absolute atomic E-state index is 0. The first-order chi connectivity index (χ1) is 7.93. The third-order valence-electron chi connectivity index (χ3n) is 1.41. The number of carboxylic acid groups (broad SMARTS) is 3. The predicted molar refractivity (Wildman–Crippen MR) is 65.3 cm³/mol. The standard InChI is InChI=1S/3C4H8O2.Sb/c3*1-3(2)4(5)6;/h3*3H,1-2H3,(H,5,6);/q;;;+3/p-3. The van der Waals surface area contributed by atoms with Gasteiger partial charge >= 0.3 is 24.4 Å². The van der Waals surface area contributed by atoms with Gasteiger partial charge < -0.3 is 29.7 Å². The Kier molecular flexibility index (Phi) is 21.5. The van der Waals surface area contributed by atoms with Crippen LogP contribution in [0.5, 0.6) is 0 Å². The Morgan fingerprint density at radius 1 is 0.579 bits per heavy atom. The van der Waals surface area contributed by atoms with Crippen LogP contribution in [-0.4, -0.2) is 42.3 Å². The maximum atomic E-state index is 9.59. The van der Waals surface area contributed by atoms with Crippen molar-refractivity contribution in [2.45, 2.75) is 41.5 Å². The largest absolute Gasteiger partial charge is 3.00 e. The molecule has 0 saturated carbocycles. The van der Waals surface area contributed by atoms with Crippen LogP contribution in [0.25, 0.3) is 0 Å². The van der Waals surface area contributed by atoms with Gasteiger partial charge in [-0.25, -0.2) is 0 Å². The maximum Gasteiger partial charge on any atom is 3.00 e. The summed E-state index contributed by atoms with van der Waals surface area (Å²) in [7, 11) is 0. The molecule has 0 bridgehead atoms. The normalized spacial score (nSPS) is 8.68. The van der Waals surface area contributed by atoms with Gasteiger partial charge in [-0.1, -0.05) is 41.5 Å². The van der Waals surface area contributed by atoms with E-state index in [1.807, 2.05) is 0 Å². The topological polar surface area (TPSA) is 120 Å². The summed E-state index contributed by atoms with van der Waals surface area (Å²) in [4.78, 5) is 28.8. The zero-order chi connectivity index (χ0) is 15.5. The number of aliphatic carboxylic acids is 3. The van der Waals surface area contributed by atoms with E-state index in [0.717, 1.165) is 0 Å². The van der Waals surface area contributed by atoms with Crippen LogP contribution in [0.4, 0.5) is 0 Å². The summed E-state index contributed by atoms with van der Waals surface area (Å²) in [6.07, 6.45) is 0. The van der Waals surface area contributed by atoms with E-state index in [2.05, 4.69) is 0 Å². The maximum absolute atomic E-state index is 9.59. The van der Waals surface area contributed by atoms with Crippen LogP contribution >= 0.6 is 0 Å². The Balaban J connectivity index is -0.0000000865. The minimum Gasteiger partial charge on any atom is -0.550 e. The van der Waals surface area contributed by atoms with Crippen molar-refractivity contribution in [2.24, 2.45) is 17.8 Å². The molecule has 0 unspecified atom stereocenters. The molecule has 0 aromatic carbocycles. The zero-order valence-electron chi connectivity index (χ0n) is 12.1. The zero-order valence-corrected chi connectivity index (χ0v) is 14.7. The van der Waals surface area contributed by atoms with E-state index in [1.165, 1.54) is 0 Å². The Morgan fingerprint density at radius 3 is 0.632 bits per heavy atom. The average molecular weight is 383 g/mol. The van der Waals surface area contributed by atoms with Crippen LogP contribution in [0.2, 0.25) is 0 Å². The van der Waals surface area contributed by atoms with Gasteiger partial charge in [0.1, 0.15) is 0 Å². The fourth-order valence-electron chi connectivity index (χ4n) is 0. The first-order valence-electron chi connectivity index (χ1n) is 5.55. The summed E-state index contributed by atoms with van der Waals surface area (Å²) in [5, 5.41) is 28.8. The molecule has 0 saturated heterocycles. The van der Waals surface area contributed by atoms with E-state index in [-0.39, 0.29) is 42.2 Å². The molecule has 2 radical (unpaired) electrons. The van der Waals surface area contributed by atoms with E-state index in [4.69, 9.17) is 0 Å². The molecule has 0 rings (SSSR count). The van der Waals surface area contributed by atoms with Crippen molar-refractivity contribution in [1.29, 1.82) is 0 Å². The summed E-state index contributed by atoms with van der Waals surface area (Å²) in [6, 6.07) is 0. The molecule has 0 spiro atoms. The van der Waals surface area contributed by atoms with E-state index < -0.39 is 17.9 Å². The third-order valence-corrected chi connectivity index (χ3v) is 1.41. The van der Waals surface area contributed by atoms with Crippen molar-refractivity contribution in [3.05, 3.63) is 0 Å². The number of carbonyl (C=O) groups excluding carboxylic acids is 3. The molecule has 0 aromatic heterocycles. The monoisotopic (exact) mass is 382 g/mol. The number of carboxylic acids is 3. The second kappa shape index (κ2) is 15.3. The SMILES string of the molecule is CC(C)C(=O)[O-].CC(C)C(=O)[O-].CC(C)C(=O)[O-].[Sb+3]. The molecule has 110 valence electrons. The summed E-state index contributed by atoms with van der Waals surface area (Å²) >= 11 is 0. The van der Waals surface area contributed by atoms with Crippen molar-refractivity contribution in [1.82, 2.24) is 0 Å². The fourth-order valence-corrected chi connectivity index (χ4v) is 0. The number of hydrogen-bond acceptors (Lipinski definition) is 6. The molecular weight excluding hydrogens is 362 g/mol. The van der Waals surface area contributed by atoms with Gasteiger partial charge in [-0.05, 0) is 17.8 Å². The quantitative estimate of drug-likeness (QED) is 0.510. The molecule has 0 fully saturated rings. The van der Waals surface area contributed by atoms with Gasteiger partial charge in [-0.15, -0.1) is 0 Å². The van der Waals surface area contributed by atoms with Crippen molar-refractivity contribution >= 4 is 42.3 Å². The second-order valence-electron chi connectivity index (χ2n) is 4.42. The fraction of sp³-hybridized carbons (Fsp3) is 0.750. The van der Waals surface area contributed by atoms with E-state index in [9.17, 15) is 29.7 Å². The summed E-state index contributed by atoms with van der Waals surface area (Å²) < 4.78 is 0. The Bertz CT molecular complexity index is 218. The van der Waals surface area contributed by atoms with Gasteiger partial charge in [0.05, 0.1) is 0 Å². The van der Waals surface area contributed by atoms with E-state index in [1.54, 1.807) is 41.5 Å². The van der Waals surface area contributed by atoms with Gasteiger partial charge in [-0.3, -0.25) is 0 Å². The van der Waals surface area contributed by atoms with Crippen LogP contribution in [0.1, 0.15) is 41.5 Å². The first-order valence-corrected chi connectivity index (χ1v) is 5.55. The van der Waals surface area contributed by atoms with Gasteiger partial charge in [0, 0.05) is 17.9 Å². The smallest absolute Gasteiger partial charge is 0.550 e. The second-order valence-corrected chi connectivity index (χ2v) is 4.42. The molecule has 6 nitrogen and oxygen atoms in total. The molecule has 0 aliphatic heterocycles. The first kappa shape index (κ1) is 26.7. The molecule has 0 amide bonds. The molecule has 0 heterocycles. The van der Waals surface area contributed by atoms with E-state index in [0.29, 0.717) is 0 Å². The molecule has 0 aromatic rings. The average Bonchev–Trinajstić information content (AvgIpc) is 2.18. The summed E-state index contributed by atoms with van der Waals surface area (Å²) in [5.41, 5.74) is 0. The molecule has 19 heavy (non-hydrogen) atoms. The minimum atomic E-state index is -0.991. The van der Waals surface area contributed by atoms with Crippen LogP contribution in [0, 0.1) is 17.8 Å². The Hall–Kier alpha value is -0.772. The van der Waals surface area contributed by atoms with Crippen molar-refractivity contribution < 1.29 is 29.7 Å². The van der Waals surface area contributed by atoms with Crippen LogP contribution in [0.3, 0.4) is 0 Å². The van der Waals surface area contributed by atoms with E-state index >= 15 is 0 Å². The summed E-state index contributed by atoms with van der Waals surface area (Å²) in [6.45, 7) is 9.47. The Labute approximate surface area is 131 Å². The molecule has 0 N–H and O–H groups in total.